The second-order valence-electron chi connectivity index (χ2n) is 3.53. The predicted molar refractivity (Wildman–Crippen MR) is 72.7 cm³/mol. The minimum Gasteiger partial charge on any atom is -0.462 e. The van der Waals surface area contributed by atoms with Gasteiger partial charge >= 0.3 is 5.97 Å². The molecule has 0 radical (unpaired) electrons. The summed E-state index contributed by atoms with van der Waals surface area (Å²) in [6, 6.07) is 0. The Balaban J connectivity index is 2.66. The molecule has 0 aromatic carbocycles. The van der Waals surface area contributed by atoms with Crippen molar-refractivity contribution in [3.05, 3.63) is 20.8 Å². The van der Waals surface area contributed by atoms with Crippen LogP contribution in [0.15, 0.2) is 9.95 Å². The van der Waals surface area contributed by atoms with Crippen molar-refractivity contribution in [2.75, 3.05) is 12.9 Å². The molecule has 96 valence electrons. The van der Waals surface area contributed by atoms with E-state index in [4.69, 9.17) is 4.74 Å². The fourth-order valence-electron chi connectivity index (χ4n) is 1.61. The summed E-state index contributed by atoms with van der Waals surface area (Å²) in [6.45, 7) is 3.80. The molecule has 0 atom stereocenters. The summed E-state index contributed by atoms with van der Waals surface area (Å²) in [5, 5.41) is 1.02. The molecule has 7 heteroatoms. The predicted octanol–water partition coefficient (Wildman–Crippen LogP) is 2.19. The lowest BCUT2D eigenvalue weighted by Crippen LogP contribution is -2.09. The van der Waals surface area contributed by atoms with Crippen LogP contribution in [0.1, 0.15) is 22.2 Å². The molecule has 0 aliphatic rings. The second kappa shape index (κ2) is 5.11. The van der Waals surface area contributed by atoms with Crippen molar-refractivity contribution in [1.82, 2.24) is 9.97 Å². The highest BCUT2D eigenvalue weighted by Crippen LogP contribution is 2.28. The van der Waals surface area contributed by atoms with E-state index in [0.717, 1.165) is 0 Å². The van der Waals surface area contributed by atoms with Gasteiger partial charge < -0.3 is 9.72 Å². The Morgan fingerprint density at radius 3 is 2.89 bits per heavy atom. The van der Waals surface area contributed by atoms with Gasteiger partial charge in [-0.2, -0.15) is 0 Å². The van der Waals surface area contributed by atoms with E-state index < -0.39 is 5.97 Å². The zero-order chi connectivity index (χ0) is 13.3. The van der Waals surface area contributed by atoms with Gasteiger partial charge in [-0.3, -0.25) is 4.79 Å². The maximum atomic E-state index is 11.9. The van der Waals surface area contributed by atoms with Crippen molar-refractivity contribution in [2.45, 2.75) is 19.0 Å². The largest absolute Gasteiger partial charge is 0.462 e. The average molecular weight is 284 g/mol. The Bertz CT molecular complexity index is 660. The molecule has 2 aromatic heterocycles. The minimum atomic E-state index is -0.400. The molecule has 0 saturated carbocycles. The summed E-state index contributed by atoms with van der Waals surface area (Å²) in [4.78, 5) is 31.7. The average Bonchev–Trinajstić information content (AvgIpc) is 2.67. The zero-order valence-electron chi connectivity index (χ0n) is 10.2. The molecular formula is C11H12N2O3S2. The molecular weight excluding hydrogens is 272 g/mol. The Morgan fingerprint density at radius 1 is 1.56 bits per heavy atom. The van der Waals surface area contributed by atoms with Crippen molar-refractivity contribution < 1.29 is 9.53 Å². The molecule has 2 rings (SSSR count). The van der Waals surface area contributed by atoms with Gasteiger partial charge in [0.1, 0.15) is 9.71 Å². The summed E-state index contributed by atoms with van der Waals surface area (Å²) >= 11 is 2.55. The number of hydrogen-bond acceptors (Lipinski definition) is 6. The first kappa shape index (κ1) is 13.1. The molecule has 0 fully saturated rings. The normalized spacial score (nSPS) is 10.8. The van der Waals surface area contributed by atoms with Gasteiger partial charge in [0.05, 0.1) is 12.0 Å². The lowest BCUT2D eigenvalue weighted by atomic mass is 10.2. The maximum Gasteiger partial charge on any atom is 0.348 e. The first-order valence-corrected chi connectivity index (χ1v) is 7.37. The standard InChI is InChI=1S/C11H12N2O3S2/c1-4-16-10(15)7-5(2)6-8(14)12-11(17-3)13-9(6)18-7/h4H2,1-3H3,(H,12,13,14). The van der Waals surface area contributed by atoms with Gasteiger partial charge in [-0.05, 0) is 25.7 Å². The number of thioether (sulfide) groups is 1. The van der Waals surface area contributed by atoms with E-state index in [1.165, 1.54) is 23.1 Å². The zero-order valence-corrected chi connectivity index (χ0v) is 11.8. The quantitative estimate of drug-likeness (QED) is 0.531. The van der Waals surface area contributed by atoms with Gasteiger partial charge in [-0.1, -0.05) is 11.8 Å². The van der Waals surface area contributed by atoms with Crippen molar-refractivity contribution in [3.8, 4) is 0 Å². The number of aromatic amines is 1. The van der Waals surface area contributed by atoms with Gasteiger partial charge in [-0.15, -0.1) is 11.3 Å². The number of nitrogens with zero attached hydrogens (tertiary/aromatic N) is 1. The molecule has 0 saturated heterocycles. The summed E-state index contributed by atoms with van der Waals surface area (Å²) in [5.74, 6) is -0.400. The summed E-state index contributed by atoms with van der Waals surface area (Å²) in [7, 11) is 0. The number of nitrogens with one attached hydrogen (secondary N) is 1. The van der Waals surface area contributed by atoms with E-state index in [1.807, 2.05) is 6.26 Å². The van der Waals surface area contributed by atoms with Crippen molar-refractivity contribution in [1.29, 1.82) is 0 Å². The van der Waals surface area contributed by atoms with Gasteiger partial charge in [0.25, 0.3) is 5.56 Å². The summed E-state index contributed by atoms with van der Waals surface area (Å²) in [6.07, 6.45) is 1.83. The van der Waals surface area contributed by atoms with E-state index in [1.54, 1.807) is 13.8 Å². The number of H-pyrrole nitrogens is 1. The van der Waals surface area contributed by atoms with Crippen LogP contribution in [0.5, 0.6) is 0 Å². The van der Waals surface area contributed by atoms with Crippen LogP contribution in [-0.2, 0) is 4.74 Å². The minimum absolute atomic E-state index is 0.214. The number of thiophene rings is 1. The Kier molecular flexibility index (Phi) is 3.72. The highest BCUT2D eigenvalue weighted by atomic mass is 32.2. The van der Waals surface area contributed by atoms with Crippen molar-refractivity contribution in [2.24, 2.45) is 0 Å². The molecule has 0 spiro atoms. The van der Waals surface area contributed by atoms with Crippen LogP contribution in [0.4, 0.5) is 0 Å². The molecule has 2 aromatic rings. The summed E-state index contributed by atoms with van der Waals surface area (Å²) in [5.41, 5.74) is 0.420. The number of aromatic nitrogens is 2. The third-order valence-corrected chi connectivity index (χ3v) is 4.18. The van der Waals surface area contributed by atoms with Crippen LogP contribution < -0.4 is 5.56 Å². The van der Waals surface area contributed by atoms with Crippen LogP contribution in [0.2, 0.25) is 0 Å². The molecule has 0 aliphatic heterocycles. The van der Waals surface area contributed by atoms with E-state index >= 15 is 0 Å². The highest BCUT2D eigenvalue weighted by molar-refractivity contribution is 7.98. The molecule has 18 heavy (non-hydrogen) atoms. The van der Waals surface area contributed by atoms with Crippen LogP contribution in [0, 0.1) is 6.92 Å². The smallest absolute Gasteiger partial charge is 0.348 e. The van der Waals surface area contributed by atoms with Crippen LogP contribution in [0.25, 0.3) is 10.2 Å². The first-order valence-electron chi connectivity index (χ1n) is 5.33. The molecule has 5 nitrogen and oxygen atoms in total. The van der Waals surface area contributed by atoms with E-state index in [-0.39, 0.29) is 5.56 Å². The number of ether oxygens (including phenoxy) is 1. The molecule has 0 bridgehead atoms. The van der Waals surface area contributed by atoms with Crippen molar-refractivity contribution >= 4 is 39.3 Å². The van der Waals surface area contributed by atoms with Gasteiger partial charge in [0, 0.05) is 0 Å². The van der Waals surface area contributed by atoms with Crippen LogP contribution >= 0.6 is 23.1 Å². The summed E-state index contributed by atoms with van der Waals surface area (Å²) < 4.78 is 4.96. The highest BCUT2D eigenvalue weighted by Gasteiger charge is 2.19. The molecule has 2 heterocycles. The van der Waals surface area contributed by atoms with E-state index in [9.17, 15) is 9.59 Å². The number of rotatable bonds is 3. The molecule has 0 amide bonds. The Hall–Kier alpha value is -1.34. The van der Waals surface area contributed by atoms with Crippen LogP contribution in [0.3, 0.4) is 0 Å². The van der Waals surface area contributed by atoms with Crippen molar-refractivity contribution in [3.63, 3.8) is 0 Å². The van der Waals surface area contributed by atoms with Gasteiger partial charge in [0.2, 0.25) is 0 Å². The monoisotopic (exact) mass is 284 g/mol. The number of aryl methyl sites for hydroxylation is 1. The fourth-order valence-corrected chi connectivity index (χ4v) is 3.12. The lowest BCUT2D eigenvalue weighted by Gasteiger charge is -1.98. The Morgan fingerprint density at radius 2 is 2.28 bits per heavy atom. The maximum absolute atomic E-state index is 11.9. The van der Waals surface area contributed by atoms with E-state index in [2.05, 4.69) is 9.97 Å². The van der Waals surface area contributed by atoms with Gasteiger partial charge in [0.15, 0.2) is 5.16 Å². The molecule has 0 unspecified atom stereocenters. The third kappa shape index (κ3) is 2.15. The molecule has 1 N–H and O–H groups in total. The first-order chi connectivity index (χ1) is 8.58. The number of carbonyl (C=O) groups excluding carboxylic acids is 1. The van der Waals surface area contributed by atoms with Crippen LogP contribution in [-0.4, -0.2) is 28.8 Å². The number of esters is 1. The number of hydrogen-bond donors (Lipinski definition) is 1. The fraction of sp³-hybridized carbons (Fsp3) is 0.364. The molecule has 0 aliphatic carbocycles. The SMILES string of the molecule is CCOC(=O)c1sc2nc(SC)[nH]c(=O)c2c1C. The topological polar surface area (TPSA) is 72.0 Å². The Labute approximate surface area is 112 Å². The number of fused-ring (bicyclic) bond motifs is 1. The third-order valence-electron chi connectivity index (χ3n) is 2.43. The second-order valence-corrected chi connectivity index (χ2v) is 5.33. The van der Waals surface area contributed by atoms with Gasteiger partial charge in [-0.25, -0.2) is 9.78 Å². The van der Waals surface area contributed by atoms with E-state index in [0.29, 0.717) is 32.4 Å². The lowest BCUT2D eigenvalue weighted by molar-refractivity contribution is 0.0531. The number of carbonyl (C=O) groups is 1.